The SMILES string of the molecule is Cc1ccc(Nc2ncc3c(n2)N(C)C(=O)N(c2cc(NC(=O)[C@H](C)NC(=O)c4ccc([N+](=O)[O-])c(OCC(C)C)c4)ccc2C)C3)cn1. The van der Waals surface area contributed by atoms with Crippen molar-refractivity contribution in [1.29, 1.82) is 0 Å². The summed E-state index contributed by atoms with van der Waals surface area (Å²) < 4.78 is 5.57. The first-order valence-electron chi connectivity index (χ1n) is 15.5. The van der Waals surface area contributed by atoms with E-state index in [-0.39, 0.29) is 42.1 Å². The zero-order valence-corrected chi connectivity index (χ0v) is 28.0. The van der Waals surface area contributed by atoms with Crippen LogP contribution in [-0.2, 0) is 11.3 Å². The van der Waals surface area contributed by atoms with E-state index in [1.54, 1.807) is 42.5 Å². The van der Waals surface area contributed by atoms with Gasteiger partial charge in [0.2, 0.25) is 11.9 Å². The van der Waals surface area contributed by atoms with E-state index in [2.05, 4.69) is 30.9 Å². The Kier molecular flexibility index (Phi) is 10.0. The summed E-state index contributed by atoms with van der Waals surface area (Å²) in [5.41, 5.74) is 3.95. The number of carbonyl (C=O) groups excluding carboxylic acids is 3. The molecule has 2 aromatic carbocycles. The van der Waals surface area contributed by atoms with Crippen LogP contribution in [-0.4, -0.2) is 57.4 Å². The summed E-state index contributed by atoms with van der Waals surface area (Å²) in [6.07, 6.45) is 3.34. The average Bonchev–Trinajstić information content (AvgIpc) is 3.07. The normalized spacial score (nSPS) is 13.1. The van der Waals surface area contributed by atoms with Crippen LogP contribution in [0.25, 0.3) is 0 Å². The third-order valence-electron chi connectivity index (χ3n) is 7.67. The van der Waals surface area contributed by atoms with E-state index in [4.69, 9.17) is 4.74 Å². The van der Waals surface area contributed by atoms with Crippen molar-refractivity contribution in [2.75, 3.05) is 34.1 Å². The summed E-state index contributed by atoms with van der Waals surface area (Å²) in [7, 11) is 1.63. The molecule has 0 fully saturated rings. The summed E-state index contributed by atoms with van der Waals surface area (Å²) in [5, 5.41) is 20.0. The standard InChI is InChI=1S/C34H37N9O6/c1-19(2)18-49-29-13-23(9-12-27(29)43(47)48)32(45)37-22(5)31(44)38-25-10-7-20(3)28(14-25)42-17-24-15-36-33(40-30(24)41(6)34(42)46)39-26-11-8-21(4)35-16-26/h7-16,19,22H,17-18H2,1-6H3,(H,37,45)(H,38,44)(H,36,39,40)/t22-/m0/s1. The number of hydrogen-bond acceptors (Lipinski definition) is 10. The van der Waals surface area contributed by atoms with Gasteiger partial charge >= 0.3 is 11.7 Å². The Morgan fingerprint density at radius 1 is 1.02 bits per heavy atom. The van der Waals surface area contributed by atoms with E-state index < -0.39 is 22.8 Å². The Morgan fingerprint density at radius 3 is 2.47 bits per heavy atom. The van der Waals surface area contributed by atoms with Crippen molar-refractivity contribution in [2.45, 2.75) is 47.2 Å². The maximum Gasteiger partial charge on any atom is 0.330 e. The van der Waals surface area contributed by atoms with Crippen LogP contribution < -0.4 is 30.5 Å². The third-order valence-corrected chi connectivity index (χ3v) is 7.67. The van der Waals surface area contributed by atoms with Crippen LogP contribution in [0.2, 0.25) is 0 Å². The fourth-order valence-electron chi connectivity index (χ4n) is 4.98. The number of nitrogens with one attached hydrogen (secondary N) is 3. The molecule has 0 saturated heterocycles. The van der Waals surface area contributed by atoms with Gasteiger partial charge in [0.05, 0.1) is 35.6 Å². The van der Waals surface area contributed by atoms with Crippen molar-refractivity contribution >= 4 is 52.4 Å². The molecule has 0 radical (unpaired) electrons. The largest absolute Gasteiger partial charge is 0.487 e. The molecule has 1 aliphatic heterocycles. The Bertz CT molecular complexity index is 1920. The lowest BCUT2D eigenvalue weighted by Crippen LogP contribution is -2.46. The van der Waals surface area contributed by atoms with E-state index in [0.29, 0.717) is 28.8 Å². The highest BCUT2D eigenvalue weighted by atomic mass is 16.6. The second-order valence-corrected chi connectivity index (χ2v) is 12.1. The quantitative estimate of drug-likeness (QED) is 0.136. The van der Waals surface area contributed by atoms with Gasteiger partial charge in [0, 0.05) is 47.9 Å². The Morgan fingerprint density at radius 2 is 1.78 bits per heavy atom. The molecule has 3 heterocycles. The van der Waals surface area contributed by atoms with Gasteiger partial charge in [0.25, 0.3) is 5.91 Å². The number of nitrogens with zero attached hydrogens (tertiary/aromatic N) is 6. The van der Waals surface area contributed by atoms with Crippen LogP contribution >= 0.6 is 0 Å². The van der Waals surface area contributed by atoms with Crippen LogP contribution in [0.3, 0.4) is 0 Å². The Hall–Kier alpha value is -6.12. The number of hydrogen-bond donors (Lipinski definition) is 3. The predicted octanol–water partition coefficient (Wildman–Crippen LogP) is 5.51. The number of urea groups is 1. The van der Waals surface area contributed by atoms with Gasteiger partial charge in [-0.2, -0.15) is 4.98 Å². The predicted molar refractivity (Wildman–Crippen MR) is 184 cm³/mol. The monoisotopic (exact) mass is 667 g/mol. The molecule has 0 saturated carbocycles. The van der Waals surface area contributed by atoms with Crippen molar-refractivity contribution in [3.63, 3.8) is 0 Å². The number of aryl methyl sites for hydroxylation is 2. The van der Waals surface area contributed by atoms with Gasteiger partial charge in [-0.25, -0.2) is 9.78 Å². The molecule has 4 amide bonds. The second-order valence-electron chi connectivity index (χ2n) is 12.1. The van der Waals surface area contributed by atoms with Crippen LogP contribution in [0.1, 0.15) is 48.0 Å². The maximum absolute atomic E-state index is 13.6. The molecule has 4 aromatic rings. The molecule has 1 atom stereocenters. The molecule has 0 unspecified atom stereocenters. The number of pyridine rings is 1. The first-order chi connectivity index (χ1) is 23.3. The third kappa shape index (κ3) is 7.89. The van der Waals surface area contributed by atoms with Gasteiger partial charge in [0.1, 0.15) is 11.9 Å². The lowest BCUT2D eigenvalue weighted by atomic mass is 10.1. The van der Waals surface area contributed by atoms with E-state index >= 15 is 0 Å². The zero-order valence-electron chi connectivity index (χ0n) is 28.0. The molecule has 1 aliphatic rings. The van der Waals surface area contributed by atoms with Crippen LogP contribution in [0.5, 0.6) is 5.75 Å². The number of amides is 4. The molecule has 49 heavy (non-hydrogen) atoms. The van der Waals surface area contributed by atoms with E-state index in [9.17, 15) is 24.5 Å². The van der Waals surface area contributed by atoms with Crippen LogP contribution in [0.15, 0.2) is 60.9 Å². The number of fused-ring (bicyclic) bond motifs is 1. The number of nitro benzene ring substituents is 1. The van der Waals surface area contributed by atoms with Crippen LogP contribution in [0.4, 0.5) is 39.3 Å². The van der Waals surface area contributed by atoms with Crippen molar-refractivity contribution in [3.05, 3.63) is 93.4 Å². The van der Waals surface area contributed by atoms with Gasteiger partial charge in [-0.05, 0) is 62.6 Å². The Labute approximate surface area is 282 Å². The number of aromatic nitrogens is 3. The lowest BCUT2D eigenvalue weighted by Gasteiger charge is -2.35. The van der Waals surface area contributed by atoms with Gasteiger partial charge in [-0.15, -0.1) is 0 Å². The number of carbonyl (C=O) groups is 3. The number of nitro groups is 1. The number of anilines is 5. The first kappa shape index (κ1) is 34.2. The van der Waals surface area contributed by atoms with E-state index in [0.717, 1.165) is 16.8 Å². The molecule has 0 spiro atoms. The molecule has 0 aliphatic carbocycles. The van der Waals surface area contributed by atoms with E-state index in [1.165, 1.54) is 30.0 Å². The number of benzene rings is 2. The molecule has 0 bridgehead atoms. The van der Waals surface area contributed by atoms with E-state index in [1.807, 2.05) is 39.8 Å². The van der Waals surface area contributed by atoms with Gasteiger partial charge in [-0.1, -0.05) is 19.9 Å². The molecule has 15 nitrogen and oxygen atoms in total. The molecule has 3 N–H and O–H groups in total. The molecule has 254 valence electrons. The summed E-state index contributed by atoms with van der Waals surface area (Å²) in [6.45, 7) is 9.49. The van der Waals surface area contributed by atoms with Crippen molar-refractivity contribution in [2.24, 2.45) is 5.92 Å². The molecule has 2 aromatic heterocycles. The number of rotatable bonds is 11. The fourth-order valence-corrected chi connectivity index (χ4v) is 4.98. The average molecular weight is 668 g/mol. The highest BCUT2D eigenvalue weighted by Gasteiger charge is 2.32. The fraction of sp³-hybridized carbons (Fsp3) is 0.294. The van der Waals surface area contributed by atoms with Gasteiger partial charge < -0.3 is 20.7 Å². The summed E-state index contributed by atoms with van der Waals surface area (Å²) in [4.78, 5) is 66.9. The first-order valence-corrected chi connectivity index (χ1v) is 15.5. The second kappa shape index (κ2) is 14.3. The topological polar surface area (TPSA) is 185 Å². The minimum Gasteiger partial charge on any atom is -0.487 e. The molecule has 5 rings (SSSR count). The molecular weight excluding hydrogens is 630 g/mol. The Balaban J connectivity index is 1.27. The van der Waals surface area contributed by atoms with Gasteiger partial charge in [0.15, 0.2) is 5.75 Å². The summed E-state index contributed by atoms with van der Waals surface area (Å²) in [6, 6.07) is 11.4. The minimum atomic E-state index is -0.974. The lowest BCUT2D eigenvalue weighted by molar-refractivity contribution is -0.385. The summed E-state index contributed by atoms with van der Waals surface area (Å²) in [5.74, 6) is -0.232. The van der Waals surface area contributed by atoms with Crippen molar-refractivity contribution in [3.8, 4) is 5.75 Å². The highest BCUT2D eigenvalue weighted by Crippen LogP contribution is 2.33. The van der Waals surface area contributed by atoms with Crippen LogP contribution in [0, 0.1) is 29.9 Å². The molecular formula is C34H37N9O6. The minimum absolute atomic E-state index is 0.0281. The maximum atomic E-state index is 13.6. The smallest absolute Gasteiger partial charge is 0.330 e. The van der Waals surface area contributed by atoms with Crippen molar-refractivity contribution in [1.82, 2.24) is 20.3 Å². The molecule has 15 heteroatoms. The number of ether oxygens (including phenoxy) is 1. The highest BCUT2D eigenvalue weighted by molar-refractivity contribution is 6.06. The summed E-state index contributed by atoms with van der Waals surface area (Å²) >= 11 is 0. The zero-order chi connectivity index (χ0) is 35.4. The van der Waals surface area contributed by atoms with Gasteiger partial charge in [-0.3, -0.25) is 34.5 Å². The van der Waals surface area contributed by atoms with Crippen molar-refractivity contribution < 1.29 is 24.0 Å².